The first kappa shape index (κ1) is 12.9. The van der Waals surface area contributed by atoms with Crippen LogP contribution in [0.2, 0.25) is 0 Å². The van der Waals surface area contributed by atoms with Crippen LogP contribution in [0.3, 0.4) is 0 Å². The zero-order valence-corrected chi connectivity index (χ0v) is 10.6. The second kappa shape index (κ2) is 5.28. The van der Waals surface area contributed by atoms with Crippen LogP contribution in [0.1, 0.15) is 40.5 Å². The van der Waals surface area contributed by atoms with Gasteiger partial charge in [0.2, 0.25) is 0 Å². The van der Waals surface area contributed by atoms with Gasteiger partial charge < -0.3 is 10.4 Å². The number of nitrogens with one attached hydrogen (secondary N) is 1. The summed E-state index contributed by atoms with van der Waals surface area (Å²) in [5, 5.41) is 13.5. The first-order chi connectivity index (χ1) is 6.94. The van der Waals surface area contributed by atoms with Crippen molar-refractivity contribution >= 4 is 0 Å². The maximum Gasteiger partial charge on any atom is 0.0869 e. The molecule has 3 heteroatoms. The highest BCUT2D eigenvalue weighted by molar-refractivity contribution is 4.89. The summed E-state index contributed by atoms with van der Waals surface area (Å²) in [4.78, 5) is 2.39. The SMILES string of the molecule is CCN(CC(C)(O)CNC(C)C)C1CC1. The maximum atomic E-state index is 10.2. The van der Waals surface area contributed by atoms with Crippen molar-refractivity contribution in [2.45, 2.75) is 58.2 Å². The van der Waals surface area contributed by atoms with Gasteiger partial charge in [-0.15, -0.1) is 0 Å². The van der Waals surface area contributed by atoms with Crippen LogP contribution in [0, 0.1) is 0 Å². The monoisotopic (exact) mass is 214 g/mol. The van der Waals surface area contributed by atoms with Crippen molar-refractivity contribution in [3.05, 3.63) is 0 Å². The summed E-state index contributed by atoms with van der Waals surface area (Å²) in [7, 11) is 0. The molecule has 0 radical (unpaired) electrons. The average Bonchev–Trinajstić information content (AvgIpc) is 2.94. The fourth-order valence-corrected chi connectivity index (χ4v) is 1.86. The quantitative estimate of drug-likeness (QED) is 0.669. The van der Waals surface area contributed by atoms with Gasteiger partial charge in [0.15, 0.2) is 0 Å². The fraction of sp³-hybridized carbons (Fsp3) is 1.00. The van der Waals surface area contributed by atoms with E-state index in [1.165, 1.54) is 12.8 Å². The Morgan fingerprint density at radius 2 is 2.07 bits per heavy atom. The van der Waals surface area contributed by atoms with Crippen LogP contribution >= 0.6 is 0 Å². The largest absolute Gasteiger partial charge is 0.388 e. The van der Waals surface area contributed by atoms with Crippen LogP contribution in [0.5, 0.6) is 0 Å². The molecule has 0 bridgehead atoms. The molecule has 0 saturated heterocycles. The highest BCUT2D eigenvalue weighted by Crippen LogP contribution is 2.27. The molecule has 3 nitrogen and oxygen atoms in total. The normalized spacial score (nSPS) is 21.0. The van der Waals surface area contributed by atoms with Gasteiger partial charge in [-0.25, -0.2) is 0 Å². The first-order valence-corrected chi connectivity index (χ1v) is 6.14. The second-order valence-electron chi connectivity index (χ2n) is 5.33. The highest BCUT2D eigenvalue weighted by Gasteiger charge is 2.32. The lowest BCUT2D eigenvalue weighted by Crippen LogP contribution is -2.49. The predicted molar refractivity (Wildman–Crippen MR) is 64.0 cm³/mol. The van der Waals surface area contributed by atoms with Gasteiger partial charge >= 0.3 is 0 Å². The lowest BCUT2D eigenvalue weighted by atomic mass is 10.1. The van der Waals surface area contributed by atoms with E-state index in [-0.39, 0.29) is 0 Å². The van der Waals surface area contributed by atoms with Gasteiger partial charge in [-0.05, 0) is 26.3 Å². The molecule has 15 heavy (non-hydrogen) atoms. The van der Waals surface area contributed by atoms with Crippen LogP contribution < -0.4 is 5.32 Å². The van der Waals surface area contributed by atoms with E-state index in [2.05, 4.69) is 31.0 Å². The molecule has 1 rings (SSSR count). The van der Waals surface area contributed by atoms with Gasteiger partial charge in [-0.2, -0.15) is 0 Å². The molecule has 0 spiro atoms. The molecule has 0 aromatic carbocycles. The topological polar surface area (TPSA) is 35.5 Å². The lowest BCUT2D eigenvalue weighted by Gasteiger charge is -2.31. The summed E-state index contributed by atoms with van der Waals surface area (Å²) < 4.78 is 0. The molecular weight excluding hydrogens is 188 g/mol. The third kappa shape index (κ3) is 4.96. The van der Waals surface area contributed by atoms with E-state index >= 15 is 0 Å². The Labute approximate surface area is 93.9 Å². The van der Waals surface area contributed by atoms with E-state index in [9.17, 15) is 5.11 Å². The number of aliphatic hydroxyl groups is 1. The molecular formula is C12H26N2O. The Bertz CT molecular complexity index is 188. The molecule has 0 aromatic heterocycles. The molecule has 1 aliphatic carbocycles. The van der Waals surface area contributed by atoms with Gasteiger partial charge in [0.25, 0.3) is 0 Å². The van der Waals surface area contributed by atoms with Gasteiger partial charge in [0.1, 0.15) is 0 Å². The van der Waals surface area contributed by atoms with E-state index in [0.717, 1.165) is 19.1 Å². The maximum absolute atomic E-state index is 10.2. The Morgan fingerprint density at radius 3 is 2.47 bits per heavy atom. The molecule has 90 valence electrons. The molecule has 0 aliphatic heterocycles. The summed E-state index contributed by atoms with van der Waals surface area (Å²) in [6, 6.07) is 1.17. The van der Waals surface area contributed by atoms with Crippen molar-refractivity contribution in [3.63, 3.8) is 0 Å². The molecule has 0 amide bonds. The minimum atomic E-state index is -0.608. The van der Waals surface area contributed by atoms with Crippen LogP contribution in [-0.4, -0.2) is 47.3 Å². The predicted octanol–water partition coefficient (Wildman–Crippen LogP) is 1.22. The minimum absolute atomic E-state index is 0.437. The zero-order valence-electron chi connectivity index (χ0n) is 10.6. The fourth-order valence-electron chi connectivity index (χ4n) is 1.86. The van der Waals surface area contributed by atoms with Crippen LogP contribution in [0.15, 0.2) is 0 Å². The Kier molecular flexibility index (Phi) is 4.56. The van der Waals surface area contributed by atoms with E-state index in [0.29, 0.717) is 12.6 Å². The summed E-state index contributed by atoms with van der Waals surface area (Å²) >= 11 is 0. The number of likely N-dealkylation sites (N-methyl/N-ethyl adjacent to an activating group) is 1. The summed E-state index contributed by atoms with van der Waals surface area (Å²) in [6.45, 7) is 10.8. The van der Waals surface area contributed by atoms with E-state index in [4.69, 9.17) is 0 Å². The smallest absolute Gasteiger partial charge is 0.0869 e. The molecule has 0 aromatic rings. The minimum Gasteiger partial charge on any atom is -0.388 e. The summed E-state index contributed by atoms with van der Waals surface area (Å²) in [5.74, 6) is 0. The van der Waals surface area contributed by atoms with E-state index in [1.807, 2.05) is 6.92 Å². The van der Waals surface area contributed by atoms with Crippen LogP contribution in [-0.2, 0) is 0 Å². The second-order valence-corrected chi connectivity index (χ2v) is 5.33. The standard InChI is InChI=1S/C12H26N2O/c1-5-14(11-6-7-11)9-12(4,15)8-13-10(2)3/h10-11,13,15H,5-9H2,1-4H3. The number of rotatable bonds is 7. The van der Waals surface area contributed by atoms with E-state index in [1.54, 1.807) is 0 Å². The van der Waals surface area contributed by atoms with Gasteiger partial charge in [0, 0.05) is 25.2 Å². The van der Waals surface area contributed by atoms with Crippen molar-refractivity contribution in [3.8, 4) is 0 Å². The van der Waals surface area contributed by atoms with Crippen molar-refractivity contribution in [2.75, 3.05) is 19.6 Å². The molecule has 1 unspecified atom stereocenters. The third-order valence-corrected chi connectivity index (χ3v) is 2.90. The molecule has 1 atom stereocenters. The van der Waals surface area contributed by atoms with Gasteiger partial charge in [-0.1, -0.05) is 20.8 Å². The van der Waals surface area contributed by atoms with Crippen molar-refractivity contribution in [1.29, 1.82) is 0 Å². The van der Waals surface area contributed by atoms with Crippen LogP contribution in [0.4, 0.5) is 0 Å². The average molecular weight is 214 g/mol. The van der Waals surface area contributed by atoms with Crippen molar-refractivity contribution in [2.24, 2.45) is 0 Å². The molecule has 1 aliphatic rings. The third-order valence-electron chi connectivity index (χ3n) is 2.90. The van der Waals surface area contributed by atoms with Crippen LogP contribution in [0.25, 0.3) is 0 Å². The first-order valence-electron chi connectivity index (χ1n) is 6.14. The van der Waals surface area contributed by atoms with Gasteiger partial charge in [-0.3, -0.25) is 4.90 Å². The number of hydrogen-bond acceptors (Lipinski definition) is 3. The summed E-state index contributed by atoms with van der Waals surface area (Å²) in [6.07, 6.45) is 2.61. The Hall–Kier alpha value is -0.120. The lowest BCUT2D eigenvalue weighted by molar-refractivity contribution is 0.0176. The summed E-state index contributed by atoms with van der Waals surface area (Å²) in [5.41, 5.74) is -0.608. The van der Waals surface area contributed by atoms with Gasteiger partial charge in [0.05, 0.1) is 5.60 Å². The zero-order chi connectivity index (χ0) is 11.5. The Morgan fingerprint density at radius 1 is 1.47 bits per heavy atom. The molecule has 1 saturated carbocycles. The number of nitrogens with zero attached hydrogens (tertiary/aromatic N) is 1. The van der Waals surface area contributed by atoms with E-state index < -0.39 is 5.60 Å². The number of hydrogen-bond donors (Lipinski definition) is 2. The Balaban J connectivity index is 2.32. The molecule has 1 fully saturated rings. The van der Waals surface area contributed by atoms with Crippen molar-refractivity contribution in [1.82, 2.24) is 10.2 Å². The van der Waals surface area contributed by atoms with Crippen molar-refractivity contribution < 1.29 is 5.11 Å². The molecule has 2 N–H and O–H groups in total. The highest BCUT2D eigenvalue weighted by atomic mass is 16.3. The molecule has 0 heterocycles.